The first-order valence-corrected chi connectivity index (χ1v) is 6.92. The molecule has 2 N–H and O–H groups in total. The lowest BCUT2D eigenvalue weighted by Gasteiger charge is -2.36. The summed E-state index contributed by atoms with van der Waals surface area (Å²) < 4.78 is 10.9. The van der Waals surface area contributed by atoms with Crippen molar-refractivity contribution in [3.8, 4) is 5.75 Å². The maximum absolute atomic E-state index is 5.76. The second-order valence-corrected chi connectivity index (χ2v) is 5.16. The van der Waals surface area contributed by atoms with Gasteiger partial charge in [0.05, 0.1) is 19.3 Å². The van der Waals surface area contributed by atoms with Crippen LogP contribution in [0.1, 0.15) is 12.5 Å². The van der Waals surface area contributed by atoms with Gasteiger partial charge in [-0.05, 0) is 31.0 Å². The molecular weight excluding hydrogens is 240 g/mol. The number of hydrogen-bond acceptors (Lipinski definition) is 4. The topological polar surface area (TPSA) is 47.7 Å². The van der Waals surface area contributed by atoms with Gasteiger partial charge < -0.3 is 15.2 Å². The van der Waals surface area contributed by atoms with Crippen LogP contribution >= 0.6 is 0 Å². The molecule has 4 heteroatoms. The van der Waals surface area contributed by atoms with E-state index in [0.29, 0.717) is 6.54 Å². The first-order chi connectivity index (χ1) is 9.21. The van der Waals surface area contributed by atoms with Crippen LogP contribution in [0.2, 0.25) is 0 Å². The van der Waals surface area contributed by atoms with Gasteiger partial charge >= 0.3 is 0 Å². The Balaban J connectivity index is 1.83. The zero-order valence-electron chi connectivity index (χ0n) is 11.8. The molecule has 1 aromatic carbocycles. The van der Waals surface area contributed by atoms with E-state index in [1.54, 1.807) is 7.11 Å². The van der Waals surface area contributed by atoms with E-state index in [-0.39, 0.29) is 12.2 Å². The number of morpholine rings is 1. The minimum Gasteiger partial charge on any atom is -0.497 e. The summed E-state index contributed by atoms with van der Waals surface area (Å²) in [7, 11) is 1.69. The van der Waals surface area contributed by atoms with Gasteiger partial charge in [0.1, 0.15) is 5.75 Å². The summed E-state index contributed by atoms with van der Waals surface area (Å²) in [4.78, 5) is 2.44. The lowest BCUT2D eigenvalue weighted by atomic mass is 10.1. The lowest BCUT2D eigenvalue weighted by Crippen LogP contribution is -2.49. The summed E-state index contributed by atoms with van der Waals surface area (Å²) >= 11 is 0. The van der Waals surface area contributed by atoms with Crippen LogP contribution in [0, 0.1) is 0 Å². The SMILES string of the molecule is COc1ccc(CCN2CC(C)OC(CN)C2)cc1. The second kappa shape index (κ2) is 6.89. The Morgan fingerprint density at radius 2 is 2.05 bits per heavy atom. The van der Waals surface area contributed by atoms with Crippen LogP contribution in [0.25, 0.3) is 0 Å². The summed E-state index contributed by atoms with van der Waals surface area (Å²) in [6, 6.07) is 8.28. The van der Waals surface area contributed by atoms with E-state index < -0.39 is 0 Å². The van der Waals surface area contributed by atoms with Crippen LogP contribution < -0.4 is 10.5 Å². The minimum atomic E-state index is 0.180. The van der Waals surface area contributed by atoms with Crippen molar-refractivity contribution in [3.63, 3.8) is 0 Å². The Morgan fingerprint density at radius 1 is 1.32 bits per heavy atom. The zero-order chi connectivity index (χ0) is 13.7. The van der Waals surface area contributed by atoms with Crippen molar-refractivity contribution in [3.05, 3.63) is 29.8 Å². The van der Waals surface area contributed by atoms with Crippen LogP contribution in [0.3, 0.4) is 0 Å². The van der Waals surface area contributed by atoms with E-state index in [9.17, 15) is 0 Å². The fraction of sp³-hybridized carbons (Fsp3) is 0.600. The van der Waals surface area contributed by atoms with Gasteiger partial charge in [0.25, 0.3) is 0 Å². The Bertz CT molecular complexity index is 380. The molecule has 1 saturated heterocycles. The maximum Gasteiger partial charge on any atom is 0.118 e. The zero-order valence-corrected chi connectivity index (χ0v) is 11.8. The van der Waals surface area contributed by atoms with E-state index in [1.165, 1.54) is 5.56 Å². The van der Waals surface area contributed by atoms with Gasteiger partial charge in [-0.3, -0.25) is 4.90 Å². The Hall–Kier alpha value is -1.10. The van der Waals surface area contributed by atoms with Crippen molar-refractivity contribution >= 4 is 0 Å². The summed E-state index contributed by atoms with van der Waals surface area (Å²) in [6.45, 7) is 5.70. The van der Waals surface area contributed by atoms with Crippen molar-refractivity contribution in [1.29, 1.82) is 0 Å². The molecule has 1 fully saturated rings. The largest absolute Gasteiger partial charge is 0.497 e. The second-order valence-electron chi connectivity index (χ2n) is 5.16. The average Bonchev–Trinajstić information content (AvgIpc) is 2.45. The number of ether oxygens (including phenoxy) is 2. The predicted octanol–water partition coefficient (Wildman–Crippen LogP) is 1.29. The van der Waals surface area contributed by atoms with E-state index in [4.69, 9.17) is 15.2 Å². The summed E-state index contributed by atoms with van der Waals surface area (Å²) in [6.07, 6.45) is 1.51. The molecular formula is C15H24N2O2. The highest BCUT2D eigenvalue weighted by Gasteiger charge is 2.23. The van der Waals surface area contributed by atoms with E-state index in [0.717, 1.165) is 31.8 Å². The monoisotopic (exact) mass is 264 g/mol. The molecule has 0 aromatic heterocycles. The maximum atomic E-state index is 5.76. The van der Waals surface area contributed by atoms with E-state index in [1.807, 2.05) is 12.1 Å². The van der Waals surface area contributed by atoms with Crippen molar-refractivity contribution in [2.45, 2.75) is 25.6 Å². The molecule has 0 radical (unpaired) electrons. The third-order valence-corrected chi connectivity index (χ3v) is 3.54. The van der Waals surface area contributed by atoms with Crippen molar-refractivity contribution in [2.75, 3.05) is 33.3 Å². The van der Waals surface area contributed by atoms with Crippen LogP contribution in [0.15, 0.2) is 24.3 Å². The number of nitrogens with two attached hydrogens (primary N) is 1. The molecule has 1 heterocycles. The third kappa shape index (κ3) is 4.20. The molecule has 0 bridgehead atoms. The molecule has 4 nitrogen and oxygen atoms in total. The van der Waals surface area contributed by atoms with Crippen LogP contribution in [-0.4, -0.2) is 50.4 Å². The van der Waals surface area contributed by atoms with Crippen LogP contribution in [0.5, 0.6) is 5.75 Å². The summed E-state index contributed by atoms with van der Waals surface area (Å²) in [5.74, 6) is 0.909. The van der Waals surface area contributed by atoms with Crippen molar-refractivity contribution < 1.29 is 9.47 Å². The van der Waals surface area contributed by atoms with Gasteiger partial charge in [0, 0.05) is 26.2 Å². The Labute approximate surface area is 115 Å². The Morgan fingerprint density at radius 3 is 2.68 bits per heavy atom. The van der Waals surface area contributed by atoms with Crippen molar-refractivity contribution in [1.82, 2.24) is 4.90 Å². The molecule has 2 unspecified atom stereocenters. The number of nitrogens with zero attached hydrogens (tertiary/aromatic N) is 1. The first-order valence-electron chi connectivity index (χ1n) is 6.92. The number of rotatable bonds is 5. The first kappa shape index (κ1) is 14.3. The number of hydrogen-bond donors (Lipinski definition) is 1. The van der Waals surface area contributed by atoms with Gasteiger partial charge in [-0.25, -0.2) is 0 Å². The normalized spacial score (nSPS) is 24.4. The highest BCUT2D eigenvalue weighted by Crippen LogP contribution is 2.14. The highest BCUT2D eigenvalue weighted by molar-refractivity contribution is 5.27. The Kier molecular flexibility index (Phi) is 5.19. The smallest absolute Gasteiger partial charge is 0.118 e. The summed E-state index contributed by atoms with van der Waals surface area (Å²) in [5.41, 5.74) is 7.04. The highest BCUT2D eigenvalue weighted by atomic mass is 16.5. The fourth-order valence-electron chi connectivity index (χ4n) is 2.53. The molecule has 2 atom stereocenters. The van der Waals surface area contributed by atoms with E-state index in [2.05, 4.69) is 24.0 Å². The van der Waals surface area contributed by atoms with Gasteiger partial charge in [-0.15, -0.1) is 0 Å². The quantitative estimate of drug-likeness (QED) is 0.870. The molecule has 2 rings (SSSR count). The number of benzene rings is 1. The standard InChI is InChI=1S/C15H24N2O2/c1-12-10-17(11-15(9-16)19-12)8-7-13-3-5-14(18-2)6-4-13/h3-6,12,15H,7-11,16H2,1-2H3. The lowest BCUT2D eigenvalue weighted by molar-refractivity contribution is -0.0716. The van der Waals surface area contributed by atoms with Gasteiger partial charge in [0.2, 0.25) is 0 Å². The van der Waals surface area contributed by atoms with E-state index >= 15 is 0 Å². The molecule has 19 heavy (non-hydrogen) atoms. The van der Waals surface area contributed by atoms with Crippen LogP contribution in [0.4, 0.5) is 0 Å². The van der Waals surface area contributed by atoms with Crippen LogP contribution in [-0.2, 0) is 11.2 Å². The van der Waals surface area contributed by atoms with Gasteiger partial charge in [-0.2, -0.15) is 0 Å². The van der Waals surface area contributed by atoms with Crippen molar-refractivity contribution in [2.24, 2.45) is 5.73 Å². The molecule has 0 aliphatic carbocycles. The average molecular weight is 264 g/mol. The molecule has 1 aromatic rings. The fourth-order valence-corrected chi connectivity index (χ4v) is 2.53. The predicted molar refractivity (Wildman–Crippen MR) is 76.5 cm³/mol. The molecule has 106 valence electrons. The molecule has 1 aliphatic rings. The van der Waals surface area contributed by atoms with Gasteiger partial charge in [0.15, 0.2) is 0 Å². The minimum absolute atomic E-state index is 0.180. The molecule has 0 saturated carbocycles. The molecule has 0 amide bonds. The third-order valence-electron chi connectivity index (χ3n) is 3.54. The van der Waals surface area contributed by atoms with Gasteiger partial charge in [-0.1, -0.05) is 12.1 Å². The molecule has 0 spiro atoms. The number of methoxy groups -OCH3 is 1. The molecule has 1 aliphatic heterocycles. The summed E-state index contributed by atoms with van der Waals surface area (Å²) in [5, 5.41) is 0.